The molecule has 8 heteroatoms. The van der Waals surface area contributed by atoms with Gasteiger partial charge in [-0.3, -0.25) is 13.9 Å². The summed E-state index contributed by atoms with van der Waals surface area (Å²) >= 11 is 0. The van der Waals surface area contributed by atoms with Crippen molar-refractivity contribution in [1.29, 1.82) is 0 Å². The van der Waals surface area contributed by atoms with Gasteiger partial charge in [0.15, 0.2) is 0 Å². The number of amides is 2. The Hall–Kier alpha value is -3.65. The Morgan fingerprint density at radius 2 is 1.43 bits per heavy atom. The van der Waals surface area contributed by atoms with Crippen LogP contribution in [0.25, 0.3) is 0 Å². The van der Waals surface area contributed by atoms with Crippen LogP contribution in [0.4, 0.5) is 5.69 Å². The summed E-state index contributed by atoms with van der Waals surface area (Å²) in [5.41, 5.74) is 3.02. The highest BCUT2D eigenvalue weighted by Crippen LogP contribution is 2.27. The van der Waals surface area contributed by atoms with Crippen molar-refractivity contribution in [2.24, 2.45) is 0 Å². The van der Waals surface area contributed by atoms with Gasteiger partial charge in [-0.2, -0.15) is 0 Å². The van der Waals surface area contributed by atoms with Crippen LogP contribution in [0.15, 0.2) is 83.8 Å². The third-order valence-electron chi connectivity index (χ3n) is 6.33. The largest absolute Gasteiger partial charge is 0.355 e. The topological polar surface area (TPSA) is 86.8 Å². The molecule has 0 aliphatic rings. The Bertz CT molecular complexity index is 1330. The number of benzene rings is 3. The fraction of sp³-hybridized carbons (Fsp3) is 0.310. The van der Waals surface area contributed by atoms with Gasteiger partial charge in [0.2, 0.25) is 11.8 Å². The van der Waals surface area contributed by atoms with Crippen LogP contribution in [0, 0.1) is 13.8 Å². The van der Waals surface area contributed by atoms with E-state index in [4.69, 9.17) is 0 Å². The molecule has 37 heavy (non-hydrogen) atoms. The van der Waals surface area contributed by atoms with Gasteiger partial charge in [0.25, 0.3) is 10.0 Å². The van der Waals surface area contributed by atoms with Gasteiger partial charge in [-0.1, -0.05) is 67.6 Å². The number of nitrogens with zero attached hydrogens (tertiary/aromatic N) is 2. The molecule has 3 rings (SSSR count). The highest BCUT2D eigenvalue weighted by atomic mass is 32.2. The summed E-state index contributed by atoms with van der Waals surface area (Å²) < 4.78 is 28.8. The molecule has 0 spiro atoms. The van der Waals surface area contributed by atoms with Crippen LogP contribution in [-0.4, -0.2) is 44.3 Å². The third-order valence-corrected chi connectivity index (χ3v) is 8.11. The Balaban J connectivity index is 2.07. The second kappa shape index (κ2) is 12.5. The van der Waals surface area contributed by atoms with Crippen molar-refractivity contribution in [2.45, 2.75) is 51.6 Å². The minimum atomic E-state index is -4.06. The predicted molar refractivity (Wildman–Crippen MR) is 147 cm³/mol. The van der Waals surface area contributed by atoms with E-state index >= 15 is 0 Å². The van der Waals surface area contributed by atoms with E-state index in [0.29, 0.717) is 18.7 Å². The first-order valence-corrected chi connectivity index (χ1v) is 13.9. The van der Waals surface area contributed by atoms with Crippen molar-refractivity contribution < 1.29 is 18.0 Å². The van der Waals surface area contributed by atoms with Crippen LogP contribution in [0.3, 0.4) is 0 Å². The molecule has 2 amide bonds. The number of rotatable bonds is 11. The minimum absolute atomic E-state index is 0.0901. The molecule has 0 aliphatic carbocycles. The molecule has 0 radical (unpaired) electrons. The lowest BCUT2D eigenvalue weighted by Crippen LogP contribution is -2.52. The van der Waals surface area contributed by atoms with Gasteiger partial charge in [0, 0.05) is 13.1 Å². The van der Waals surface area contributed by atoms with E-state index in [1.165, 1.54) is 17.0 Å². The van der Waals surface area contributed by atoms with Gasteiger partial charge in [-0.15, -0.1) is 0 Å². The SMILES string of the molecule is CCNC(=O)[C@H](CC)N(Cc1ccccc1C)C(=O)CN(c1ccccc1C)S(=O)(=O)c1ccccc1. The highest BCUT2D eigenvalue weighted by Gasteiger charge is 2.34. The van der Waals surface area contributed by atoms with E-state index in [-0.39, 0.29) is 17.3 Å². The first-order chi connectivity index (χ1) is 17.7. The molecule has 0 bridgehead atoms. The minimum Gasteiger partial charge on any atom is -0.355 e. The Labute approximate surface area is 220 Å². The molecule has 0 aliphatic heterocycles. The standard InChI is InChI=1S/C29H35N3O4S/c1-5-26(29(34)30-6-2)31(20-24-16-12-10-14-22(24)3)28(33)21-32(27-19-13-11-15-23(27)4)37(35,36)25-17-8-7-9-18-25/h7-19,26H,5-6,20-21H2,1-4H3,(H,30,34)/t26-/m0/s1. The monoisotopic (exact) mass is 521 g/mol. The van der Waals surface area contributed by atoms with Crippen LogP contribution in [0.5, 0.6) is 0 Å². The second-order valence-corrected chi connectivity index (χ2v) is 10.7. The summed E-state index contributed by atoms with van der Waals surface area (Å²) in [7, 11) is -4.06. The number of sulfonamides is 1. The average molecular weight is 522 g/mol. The van der Waals surface area contributed by atoms with Crippen LogP contribution in [0.1, 0.15) is 37.0 Å². The van der Waals surface area contributed by atoms with E-state index in [2.05, 4.69) is 5.32 Å². The van der Waals surface area contributed by atoms with Gasteiger partial charge >= 0.3 is 0 Å². The summed E-state index contributed by atoms with van der Waals surface area (Å²) in [6.45, 7) is 7.60. The van der Waals surface area contributed by atoms with Gasteiger partial charge < -0.3 is 10.2 Å². The summed E-state index contributed by atoms with van der Waals surface area (Å²) in [6.07, 6.45) is 0.388. The van der Waals surface area contributed by atoms with E-state index in [9.17, 15) is 18.0 Å². The number of likely N-dealkylation sites (N-methyl/N-ethyl adjacent to an activating group) is 1. The molecule has 3 aromatic carbocycles. The number of para-hydroxylation sites is 1. The smallest absolute Gasteiger partial charge is 0.264 e. The maximum Gasteiger partial charge on any atom is 0.264 e. The number of anilines is 1. The van der Waals surface area contributed by atoms with E-state index in [1.807, 2.05) is 64.1 Å². The lowest BCUT2D eigenvalue weighted by atomic mass is 10.1. The molecule has 196 valence electrons. The number of carbonyl (C=O) groups is 2. The van der Waals surface area contributed by atoms with E-state index in [0.717, 1.165) is 21.0 Å². The lowest BCUT2D eigenvalue weighted by Gasteiger charge is -2.33. The van der Waals surface area contributed by atoms with Gasteiger partial charge in [0.1, 0.15) is 12.6 Å². The maximum atomic E-state index is 14.0. The first-order valence-electron chi connectivity index (χ1n) is 12.5. The number of carbonyl (C=O) groups excluding carboxylic acids is 2. The fourth-order valence-electron chi connectivity index (χ4n) is 4.26. The molecule has 0 saturated carbocycles. The first kappa shape index (κ1) is 27.9. The molecule has 0 heterocycles. The quantitative estimate of drug-likeness (QED) is 0.404. The van der Waals surface area contributed by atoms with Gasteiger partial charge in [-0.05, 0) is 62.1 Å². The van der Waals surface area contributed by atoms with Crippen molar-refractivity contribution >= 4 is 27.5 Å². The Kier molecular flexibility index (Phi) is 9.47. The number of hydrogen-bond donors (Lipinski definition) is 1. The van der Waals surface area contributed by atoms with Gasteiger partial charge in [0.05, 0.1) is 10.6 Å². The van der Waals surface area contributed by atoms with Crippen molar-refractivity contribution in [2.75, 3.05) is 17.4 Å². The van der Waals surface area contributed by atoms with Crippen LogP contribution in [0.2, 0.25) is 0 Å². The average Bonchev–Trinajstić information content (AvgIpc) is 2.89. The molecular formula is C29H35N3O4S. The zero-order valence-corrected chi connectivity index (χ0v) is 22.7. The van der Waals surface area contributed by atoms with Gasteiger partial charge in [-0.25, -0.2) is 8.42 Å². The molecule has 1 atom stereocenters. The normalized spacial score (nSPS) is 12.0. The zero-order valence-electron chi connectivity index (χ0n) is 21.8. The summed E-state index contributed by atoms with van der Waals surface area (Å²) in [5, 5.41) is 2.82. The molecule has 0 unspecified atom stereocenters. The molecular weight excluding hydrogens is 486 g/mol. The number of hydrogen-bond acceptors (Lipinski definition) is 4. The van der Waals surface area contributed by atoms with E-state index < -0.39 is 28.5 Å². The highest BCUT2D eigenvalue weighted by molar-refractivity contribution is 7.92. The third kappa shape index (κ3) is 6.57. The molecule has 7 nitrogen and oxygen atoms in total. The second-order valence-electron chi connectivity index (χ2n) is 8.88. The number of nitrogens with one attached hydrogen (secondary N) is 1. The van der Waals surface area contributed by atoms with Crippen molar-refractivity contribution in [3.8, 4) is 0 Å². The van der Waals surface area contributed by atoms with Crippen LogP contribution >= 0.6 is 0 Å². The maximum absolute atomic E-state index is 14.0. The predicted octanol–water partition coefficient (Wildman–Crippen LogP) is 4.44. The molecule has 0 aromatic heterocycles. The zero-order chi connectivity index (χ0) is 27.0. The molecule has 0 fully saturated rings. The summed E-state index contributed by atoms with van der Waals surface area (Å²) in [5.74, 6) is -0.718. The van der Waals surface area contributed by atoms with Crippen LogP contribution in [-0.2, 0) is 26.2 Å². The van der Waals surface area contributed by atoms with Crippen molar-refractivity contribution in [1.82, 2.24) is 10.2 Å². The molecule has 0 saturated heterocycles. The van der Waals surface area contributed by atoms with Crippen molar-refractivity contribution in [3.05, 3.63) is 95.6 Å². The molecule has 1 N–H and O–H groups in total. The number of aryl methyl sites for hydroxylation is 2. The van der Waals surface area contributed by atoms with E-state index in [1.54, 1.807) is 30.3 Å². The lowest BCUT2D eigenvalue weighted by molar-refractivity contribution is -0.140. The Morgan fingerprint density at radius 3 is 2.03 bits per heavy atom. The fourth-order valence-corrected chi connectivity index (χ4v) is 5.76. The van der Waals surface area contributed by atoms with Crippen LogP contribution < -0.4 is 9.62 Å². The Morgan fingerprint density at radius 1 is 0.838 bits per heavy atom. The summed E-state index contributed by atoms with van der Waals surface area (Å²) in [4.78, 5) is 28.6. The molecule has 3 aromatic rings. The summed E-state index contributed by atoms with van der Waals surface area (Å²) in [6, 6.07) is 22.1. The van der Waals surface area contributed by atoms with Crippen molar-refractivity contribution in [3.63, 3.8) is 0 Å².